The molecule has 0 fully saturated rings. The van der Waals surface area contributed by atoms with Crippen LogP contribution < -0.4 is 0 Å². The van der Waals surface area contributed by atoms with Crippen LogP contribution in [0, 0.1) is 0 Å². The smallest absolute Gasteiger partial charge is 0.337 e. The average Bonchev–Trinajstić information content (AvgIpc) is 3.74. The fourth-order valence-electron chi connectivity index (χ4n) is 5.55. The van der Waals surface area contributed by atoms with E-state index in [1.54, 1.807) is 30.6 Å². The van der Waals surface area contributed by atoms with Crippen molar-refractivity contribution in [2.75, 3.05) is 20.8 Å². The van der Waals surface area contributed by atoms with Crippen LogP contribution in [0.5, 0.6) is 0 Å². The summed E-state index contributed by atoms with van der Waals surface area (Å²) in [5, 5.41) is 3.24. The van der Waals surface area contributed by atoms with E-state index in [1.165, 1.54) is 7.11 Å². The summed E-state index contributed by atoms with van der Waals surface area (Å²) in [5.74, 6) is 0.442. The Morgan fingerprint density at radius 3 is 2.60 bits per heavy atom. The van der Waals surface area contributed by atoms with Gasteiger partial charge in [0.25, 0.3) is 0 Å². The number of hydrogen-bond donors (Lipinski definition) is 0. The van der Waals surface area contributed by atoms with Gasteiger partial charge in [-0.25, -0.2) is 14.8 Å². The lowest BCUT2D eigenvalue weighted by Gasteiger charge is -2.14. The number of benzene rings is 3. The molecule has 0 atom stereocenters. The van der Waals surface area contributed by atoms with Gasteiger partial charge in [-0.3, -0.25) is 0 Å². The second kappa shape index (κ2) is 9.89. The summed E-state index contributed by atoms with van der Waals surface area (Å²) in [6, 6.07) is 26.6. The number of carbonyl (C=O) groups is 1. The van der Waals surface area contributed by atoms with Gasteiger partial charge in [0.05, 0.1) is 50.7 Å². The topological polar surface area (TPSA) is 70.7 Å². The van der Waals surface area contributed by atoms with Crippen molar-refractivity contribution in [2.45, 2.75) is 13.0 Å². The molecule has 0 aliphatic heterocycles. The fraction of sp³-hybridized carbons (Fsp3) is 0.156. The standard InChI is InChI=1S/C32H26N4O3S/c1-38-16-7-15-35-26-14-13-21(32(37)39-2)18-24(26)34-31(35)22-9-5-10-23-30(22)36-25-11-4-3-8-20(25)19-27(36)29(33-23)28-12-6-17-40-28/h3-6,8-14,17-19H,7,15-16H2,1-2H3. The van der Waals surface area contributed by atoms with Crippen molar-refractivity contribution in [3.05, 3.63) is 89.8 Å². The van der Waals surface area contributed by atoms with E-state index in [2.05, 4.69) is 68.9 Å². The summed E-state index contributed by atoms with van der Waals surface area (Å²) in [6.45, 7) is 1.34. The Morgan fingerprint density at radius 2 is 1.77 bits per heavy atom. The summed E-state index contributed by atoms with van der Waals surface area (Å²) < 4.78 is 14.9. The molecule has 8 heteroatoms. The lowest BCUT2D eigenvalue weighted by atomic mass is 10.1. The molecule has 0 saturated heterocycles. The molecule has 0 N–H and O–H groups in total. The number of rotatable bonds is 7. The minimum absolute atomic E-state index is 0.381. The molecule has 40 heavy (non-hydrogen) atoms. The number of aromatic nitrogens is 4. The van der Waals surface area contributed by atoms with Gasteiger partial charge in [-0.2, -0.15) is 0 Å². The van der Waals surface area contributed by atoms with Gasteiger partial charge in [0, 0.05) is 31.2 Å². The Kier molecular flexibility index (Phi) is 6.06. The van der Waals surface area contributed by atoms with Crippen LogP contribution in [0.4, 0.5) is 0 Å². The molecule has 7 nitrogen and oxygen atoms in total. The molecule has 7 rings (SSSR count). The second-order valence-corrected chi connectivity index (χ2v) is 10.6. The molecule has 4 aromatic heterocycles. The number of hydrogen-bond acceptors (Lipinski definition) is 6. The van der Waals surface area contributed by atoms with E-state index in [0.717, 1.165) is 66.9 Å². The van der Waals surface area contributed by atoms with Crippen LogP contribution in [0.2, 0.25) is 0 Å². The number of carbonyl (C=O) groups excluding carboxylic acids is 1. The van der Waals surface area contributed by atoms with E-state index in [0.29, 0.717) is 18.7 Å². The van der Waals surface area contributed by atoms with Crippen molar-refractivity contribution < 1.29 is 14.3 Å². The van der Waals surface area contributed by atoms with Crippen molar-refractivity contribution in [3.8, 4) is 22.0 Å². The lowest BCUT2D eigenvalue weighted by Crippen LogP contribution is -2.05. The maximum atomic E-state index is 12.3. The first-order valence-electron chi connectivity index (χ1n) is 13.1. The molecule has 3 aromatic carbocycles. The number of thiophene rings is 1. The molecule has 0 unspecified atom stereocenters. The maximum Gasteiger partial charge on any atom is 0.337 e. The van der Waals surface area contributed by atoms with E-state index in [9.17, 15) is 4.79 Å². The second-order valence-electron chi connectivity index (χ2n) is 9.66. The Labute approximate surface area is 234 Å². The van der Waals surface area contributed by atoms with Gasteiger partial charge in [-0.05, 0) is 60.3 Å². The van der Waals surface area contributed by atoms with Gasteiger partial charge < -0.3 is 18.4 Å². The van der Waals surface area contributed by atoms with E-state index < -0.39 is 0 Å². The van der Waals surface area contributed by atoms with Gasteiger partial charge in [0.1, 0.15) is 11.5 Å². The van der Waals surface area contributed by atoms with Crippen molar-refractivity contribution in [3.63, 3.8) is 0 Å². The first-order chi connectivity index (χ1) is 19.7. The number of imidazole rings is 1. The molecule has 4 heterocycles. The number of aryl methyl sites for hydroxylation is 1. The van der Waals surface area contributed by atoms with E-state index in [4.69, 9.17) is 19.4 Å². The molecule has 0 radical (unpaired) electrons. The predicted octanol–water partition coefficient (Wildman–Crippen LogP) is 7.21. The number of para-hydroxylation sites is 2. The molecular formula is C32H26N4O3S. The van der Waals surface area contributed by atoms with Crippen molar-refractivity contribution >= 4 is 55.8 Å². The van der Waals surface area contributed by atoms with Gasteiger partial charge >= 0.3 is 5.97 Å². The van der Waals surface area contributed by atoms with E-state index in [1.807, 2.05) is 12.1 Å². The Morgan fingerprint density at radius 1 is 0.875 bits per heavy atom. The van der Waals surface area contributed by atoms with Crippen molar-refractivity contribution in [1.82, 2.24) is 18.9 Å². The van der Waals surface area contributed by atoms with Gasteiger partial charge in [0.2, 0.25) is 0 Å². The largest absolute Gasteiger partial charge is 0.465 e. The highest BCUT2D eigenvalue weighted by Gasteiger charge is 2.21. The molecule has 0 aliphatic carbocycles. The zero-order valence-electron chi connectivity index (χ0n) is 22.1. The lowest BCUT2D eigenvalue weighted by molar-refractivity contribution is 0.0601. The van der Waals surface area contributed by atoms with Crippen molar-refractivity contribution in [2.24, 2.45) is 0 Å². The molecule has 0 aliphatic rings. The highest BCUT2D eigenvalue weighted by Crippen LogP contribution is 2.38. The number of fused-ring (bicyclic) bond motifs is 6. The van der Waals surface area contributed by atoms with Crippen LogP contribution in [-0.4, -0.2) is 45.7 Å². The Bertz CT molecular complexity index is 2040. The van der Waals surface area contributed by atoms with Crippen molar-refractivity contribution in [1.29, 1.82) is 0 Å². The third-order valence-electron chi connectivity index (χ3n) is 7.32. The summed E-state index contributed by atoms with van der Waals surface area (Å²) in [6.07, 6.45) is 0.821. The van der Waals surface area contributed by atoms with E-state index >= 15 is 0 Å². The maximum absolute atomic E-state index is 12.3. The zero-order chi connectivity index (χ0) is 27.2. The normalized spacial score (nSPS) is 11.8. The van der Waals surface area contributed by atoms with Crippen LogP contribution >= 0.6 is 11.3 Å². The average molecular weight is 547 g/mol. The fourth-order valence-corrected chi connectivity index (χ4v) is 6.28. The first-order valence-corrected chi connectivity index (χ1v) is 14.0. The number of nitrogens with zero attached hydrogens (tertiary/aromatic N) is 4. The molecule has 198 valence electrons. The Balaban J connectivity index is 1.57. The molecule has 0 saturated carbocycles. The van der Waals surface area contributed by atoms with Crippen LogP contribution in [0.1, 0.15) is 16.8 Å². The monoisotopic (exact) mass is 546 g/mol. The predicted molar refractivity (Wildman–Crippen MR) is 160 cm³/mol. The quantitative estimate of drug-likeness (QED) is 0.156. The van der Waals surface area contributed by atoms with Crippen LogP contribution in [0.3, 0.4) is 0 Å². The number of ether oxygens (including phenoxy) is 2. The van der Waals surface area contributed by atoms with Crippen LogP contribution in [0.15, 0.2) is 84.2 Å². The minimum Gasteiger partial charge on any atom is -0.465 e. The SMILES string of the molecule is COCCCn1c(-c2cccc3nc(-c4cccs4)c4cc5ccccc5n4c23)nc2cc(C(=O)OC)ccc21. The highest BCUT2D eigenvalue weighted by molar-refractivity contribution is 7.13. The molecule has 0 bridgehead atoms. The highest BCUT2D eigenvalue weighted by atomic mass is 32.1. The van der Waals surface area contributed by atoms with Crippen LogP contribution in [-0.2, 0) is 16.0 Å². The molecule has 7 aromatic rings. The molecular weight excluding hydrogens is 520 g/mol. The summed E-state index contributed by atoms with van der Waals surface area (Å²) in [4.78, 5) is 23.7. The molecule has 0 spiro atoms. The van der Waals surface area contributed by atoms with E-state index in [-0.39, 0.29) is 5.97 Å². The third-order valence-corrected chi connectivity index (χ3v) is 8.20. The van der Waals surface area contributed by atoms with Gasteiger partial charge in [0.15, 0.2) is 0 Å². The summed E-state index contributed by atoms with van der Waals surface area (Å²) in [5.41, 5.74) is 8.16. The summed E-state index contributed by atoms with van der Waals surface area (Å²) >= 11 is 1.69. The number of methoxy groups -OCH3 is 2. The Hall–Kier alpha value is -4.53. The van der Waals surface area contributed by atoms with Gasteiger partial charge in [-0.1, -0.05) is 30.3 Å². The van der Waals surface area contributed by atoms with Gasteiger partial charge in [-0.15, -0.1) is 11.3 Å². The van der Waals surface area contributed by atoms with Crippen LogP contribution in [0.25, 0.3) is 60.4 Å². The minimum atomic E-state index is -0.381. The zero-order valence-corrected chi connectivity index (χ0v) is 22.9. The third kappa shape index (κ3) is 3.87. The molecule has 0 amide bonds. The summed E-state index contributed by atoms with van der Waals surface area (Å²) in [7, 11) is 3.10. The number of esters is 1. The first kappa shape index (κ1) is 24.5.